The maximum atomic E-state index is 12.5. The fourth-order valence-electron chi connectivity index (χ4n) is 4.07. The molecule has 0 amide bonds. The first-order chi connectivity index (χ1) is 15.8. The van der Waals surface area contributed by atoms with Gasteiger partial charge in [0.25, 0.3) is 0 Å². The normalized spacial score (nSPS) is 29.3. The molecule has 2 heterocycles. The van der Waals surface area contributed by atoms with Crippen molar-refractivity contribution in [3.05, 3.63) is 53.1 Å². The number of aliphatic hydroxyl groups excluding tert-OH is 4. The number of hydrogen-bond acceptors (Lipinski definition) is 10. The summed E-state index contributed by atoms with van der Waals surface area (Å²) in [6.07, 6.45) is -6.28. The number of phenolic OH excluding ortho intramolecular Hbond substituents is 2. The zero-order valence-corrected chi connectivity index (χ0v) is 17.6. The molecule has 1 fully saturated rings. The molecule has 0 bridgehead atoms. The van der Waals surface area contributed by atoms with E-state index in [1.807, 2.05) is 0 Å². The molecule has 2 aliphatic heterocycles. The largest absolute Gasteiger partial charge is 0.508 e. The van der Waals surface area contributed by atoms with Crippen molar-refractivity contribution in [3.8, 4) is 17.2 Å². The number of carbonyl (C=O) groups excluding carboxylic acids is 1. The summed E-state index contributed by atoms with van der Waals surface area (Å²) in [4.78, 5) is 12.5. The zero-order chi connectivity index (χ0) is 23.7. The predicted octanol–water partition coefficient (Wildman–Crippen LogP) is -0.00920. The van der Waals surface area contributed by atoms with Crippen molar-refractivity contribution in [2.24, 2.45) is 0 Å². The van der Waals surface area contributed by atoms with Crippen LogP contribution in [0.3, 0.4) is 0 Å². The van der Waals surface area contributed by atoms with Gasteiger partial charge in [0.1, 0.15) is 53.3 Å². The molecular formula is C23H26O10. The van der Waals surface area contributed by atoms with Crippen molar-refractivity contribution >= 4 is 5.97 Å². The smallest absolute Gasteiger partial charge is 0.342 e. The summed E-state index contributed by atoms with van der Waals surface area (Å²) in [6, 6.07) is 9.41. The number of rotatable bonds is 6. The summed E-state index contributed by atoms with van der Waals surface area (Å²) in [5, 5.41) is 59.1. The number of hydrogen-bond donors (Lipinski definition) is 6. The standard InChI is InChI=1S/C23H26O10/c24-10-17-19(27)20(28)21(29)23(33-17)32-15-8-12-7-14(31-22(30)18(12)16(26)9-15)6-3-11-1-4-13(25)5-2-11/h1-2,4-5,8-9,14,17,19-21,23-29H,3,6-7,10H2/t14-,17-,19-,20+,21-,23-/m1/s1. The van der Waals surface area contributed by atoms with Gasteiger partial charge in [-0.25, -0.2) is 4.79 Å². The van der Waals surface area contributed by atoms with Gasteiger partial charge >= 0.3 is 5.97 Å². The SMILES string of the molecule is O=C1O[C@H](CCc2ccc(O)cc2)Cc2cc(O[C@@H]3O[C@H](CO)[C@@H](O)[C@H](O)[C@H]3O)cc(O)c21. The van der Waals surface area contributed by atoms with Crippen molar-refractivity contribution in [3.63, 3.8) is 0 Å². The van der Waals surface area contributed by atoms with Crippen LogP contribution in [0.15, 0.2) is 36.4 Å². The molecule has 2 aromatic rings. The van der Waals surface area contributed by atoms with Crippen LogP contribution in [0.4, 0.5) is 0 Å². The summed E-state index contributed by atoms with van der Waals surface area (Å²) in [5.41, 5.74) is 1.48. The van der Waals surface area contributed by atoms with Gasteiger partial charge in [-0.15, -0.1) is 0 Å². The average Bonchev–Trinajstić information content (AvgIpc) is 2.78. The number of fused-ring (bicyclic) bond motifs is 1. The lowest BCUT2D eigenvalue weighted by atomic mass is 9.94. The van der Waals surface area contributed by atoms with Gasteiger partial charge in [-0.2, -0.15) is 0 Å². The van der Waals surface area contributed by atoms with E-state index in [0.717, 1.165) is 11.6 Å². The minimum absolute atomic E-state index is 0.0250. The fraction of sp³-hybridized carbons (Fsp3) is 0.435. The molecule has 178 valence electrons. The predicted molar refractivity (Wildman–Crippen MR) is 112 cm³/mol. The number of cyclic esters (lactones) is 1. The molecule has 6 N–H and O–H groups in total. The molecule has 0 unspecified atom stereocenters. The molecule has 2 aliphatic rings. The minimum atomic E-state index is -1.61. The second-order valence-corrected chi connectivity index (χ2v) is 8.23. The number of phenols is 2. The molecule has 1 saturated heterocycles. The molecule has 0 spiro atoms. The number of aliphatic hydroxyl groups is 4. The van der Waals surface area contributed by atoms with Crippen molar-refractivity contribution in [1.29, 1.82) is 0 Å². The van der Waals surface area contributed by atoms with Crippen LogP contribution in [0.1, 0.15) is 27.9 Å². The Labute approximate surface area is 189 Å². The molecule has 6 atom stereocenters. The third-order valence-corrected chi connectivity index (χ3v) is 5.89. The van der Waals surface area contributed by atoms with E-state index in [4.69, 9.17) is 14.2 Å². The van der Waals surface area contributed by atoms with Crippen LogP contribution < -0.4 is 4.74 Å². The summed E-state index contributed by atoms with van der Waals surface area (Å²) in [5.74, 6) is -0.792. The Hall–Kier alpha value is -2.89. The van der Waals surface area contributed by atoms with E-state index >= 15 is 0 Å². The van der Waals surface area contributed by atoms with E-state index < -0.39 is 49.4 Å². The van der Waals surface area contributed by atoms with Gasteiger partial charge < -0.3 is 44.8 Å². The Kier molecular flexibility index (Phi) is 6.73. The number of carbonyl (C=O) groups is 1. The highest BCUT2D eigenvalue weighted by Gasteiger charge is 2.45. The molecule has 33 heavy (non-hydrogen) atoms. The Balaban J connectivity index is 1.48. The lowest BCUT2D eigenvalue weighted by molar-refractivity contribution is -0.277. The van der Waals surface area contributed by atoms with Crippen molar-refractivity contribution in [1.82, 2.24) is 0 Å². The van der Waals surface area contributed by atoms with Crippen LogP contribution in [-0.2, 0) is 22.3 Å². The van der Waals surface area contributed by atoms with Crippen molar-refractivity contribution in [2.45, 2.75) is 56.1 Å². The number of ether oxygens (including phenoxy) is 3. The van der Waals surface area contributed by atoms with E-state index in [1.54, 1.807) is 24.3 Å². The van der Waals surface area contributed by atoms with Crippen molar-refractivity contribution in [2.75, 3.05) is 6.61 Å². The van der Waals surface area contributed by atoms with Gasteiger partial charge in [-0.1, -0.05) is 12.1 Å². The monoisotopic (exact) mass is 462 g/mol. The van der Waals surface area contributed by atoms with Gasteiger partial charge in [-0.3, -0.25) is 0 Å². The first-order valence-corrected chi connectivity index (χ1v) is 10.6. The highest BCUT2D eigenvalue weighted by molar-refractivity contribution is 5.95. The fourth-order valence-corrected chi connectivity index (χ4v) is 4.07. The average molecular weight is 462 g/mol. The maximum Gasteiger partial charge on any atom is 0.342 e. The van der Waals surface area contributed by atoms with Gasteiger partial charge in [0.05, 0.1) is 6.61 Å². The van der Waals surface area contributed by atoms with Crippen molar-refractivity contribution < 1.29 is 49.6 Å². The van der Waals surface area contributed by atoms with E-state index in [1.165, 1.54) is 6.07 Å². The van der Waals surface area contributed by atoms with Crippen LogP contribution in [0.25, 0.3) is 0 Å². The maximum absolute atomic E-state index is 12.5. The highest BCUT2D eigenvalue weighted by atomic mass is 16.7. The highest BCUT2D eigenvalue weighted by Crippen LogP contribution is 2.35. The quantitative estimate of drug-likeness (QED) is 0.322. The van der Waals surface area contributed by atoms with Gasteiger partial charge in [-0.05, 0) is 42.2 Å². The Morgan fingerprint density at radius 1 is 1.00 bits per heavy atom. The lowest BCUT2D eigenvalue weighted by Gasteiger charge is -2.39. The number of benzene rings is 2. The number of esters is 1. The van der Waals surface area contributed by atoms with E-state index in [9.17, 15) is 35.4 Å². The lowest BCUT2D eigenvalue weighted by Crippen LogP contribution is -2.60. The Morgan fingerprint density at radius 2 is 1.73 bits per heavy atom. The first-order valence-electron chi connectivity index (χ1n) is 10.6. The topological polar surface area (TPSA) is 166 Å². The number of aromatic hydroxyl groups is 2. The second-order valence-electron chi connectivity index (χ2n) is 8.23. The molecule has 0 radical (unpaired) electrons. The third-order valence-electron chi connectivity index (χ3n) is 5.89. The molecule has 10 heteroatoms. The molecule has 0 saturated carbocycles. The number of aryl methyl sites for hydroxylation is 1. The van der Waals surface area contributed by atoms with E-state index in [0.29, 0.717) is 24.8 Å². The second kappa shape index (κ2) is 9.54. The summed E-state index contributed by atoms with van der Waals surface area (Å²) in [7, 11) is 0. The molecule has 0 aliphatic carbocycles. The van der Waals surface area contributed by atoms with E-state index in [2.05, 4.69) is 0 Å². The van der Waals surface area contributed by atoms with Crippen LogP contribution in [0.2, 0.25) is 0 Å². The summed E-state index contributed by atoms with van der Waals surface area (Å²) >= 11 is 0. The molecule has 10 nitrogen and oxygen atoms in total. The molecule has 0 aromatic heterocycles. The molecule has 2 aromatic carbocycles. The third kappa shape index (κ3) is 4.90. The zero-order valence-electron chi connectivity index (χ0n) is 17.6. The summed E-state index contributed by atoms with van der Waals surface area (Å²) in [6.45, 7) is -0.602. The summed E-state index contributed by atoms with van der Waals surface area (Å²) < 4.78 is 16.4. The van der Waals surface area contributed by atoms with Gasteiger partial charge in [0, 0.05) is 12.5 Å². The van der Waals surface area contributed by atoms with Crippen LogP contribution >= 0.6 is 0 Å². The Morgan fingerprint density at radius 3 is 2.42 bits per heavy atom. The van der Waals surface area contributed by atoms with Gasteiger partial charge in [0.2, 0.25) is 6.29 Å². The van der Waals surface area contributed by atoms with Crippen LogP contribution in [-0.4, -0.2) is 80.0 Å². The molecule has 4 rings (SSSR count). The first kappa shape index (κ1) is 23.3. The Bertz CT molecular complexity index is 989. The van der Waals surface area contributed by atoms with E-state index in [-0.39, 0.29) is 22.8 Å². The van der Waals surface area contributed by atoms with Gasteiger partial charge in [0.15, 0.2) is 0 Å². The molecular weight excluding hydrogens is 436 g/mol. The van der Waals surface area contributed by atoms with Crippen LogP contribution in [0, 0.1) is 0 Å². The minimum Gasteiger partial charge on any atom is -0.508 e. The van der Waals surface area contributed by atoms with Crippen LogP contribution in [0.5, 0.6) is 17.2 Å².